The molecule has 0 aliphatic heterocycles. The fraction of sp³-hybridized carbons (Fsp3) is 0.412. The zero-order chi connectivity index (χ0) is 14.6. The summed E-state index contributed by atoms with van der Waals surface area (Å²) in [5.74, 6) is 0. The third kappa shape index (κ3) is 3.11. The van der Waals surface area contributed by atoms with Gasteiger partial charge in [-0.05, 0) is 37.5 Å². The molecule has 0 aliphatic rings. The lowest BCUT2D eigenvalue weighted by Gasteiger charge is -2.31. The number of aryl methyl sites for hydroxylation is 2. The molecule has 1 unspecified atom stereocenters. The van der Waals surface area contributed by atoms with Crippen LogP contribution in [-0.2, 0) is 18.3 Å². The lowest BCUT2D eigenvalue weighted by atomic mass is 9.77. The van der Waals surface area contributed by atoms with Gasteiger partial charge in [0, 0.05) is 21.7 Å². The lowest BCUT2D eigenvalue weighted by molar-refractivity contribution is 0.197. The Kier molecular flexibility index (Phi) is 4.97. The average molecular weight is 289 g/mol. The summed E-state index contributed by atoms with van der Waals surface area (Å²) in [6, 6.07) is 12.7. The first-order chi connectivity index (χ1) is 9.63. The molecule has 0 fully saturated rings. The predicted molar refractivity (Wildman–Crippen MR) is 86.4 cm³/mol. The summed E-state index contributed by atoms with van der Waals surface area (Å²) < 4.78 is 0. The lowest BCUT2D eigenvalue weighted by Crippen LogP contribution is -2.40. The normalized spacial score (nSPS) is 14.2. The van der Waals surface area contributed by atoms with Gasteiger partial charge >= 0.3 is 0 Å². The van der Waals surface area contributed by atoms with Gasteiger partial charge in [0.25, 0.3) is 0 Å². The minimum atomic E-state index is -0.371. The zero-order valence-corrected chi connectivity index (χ0v) is 13.0. The molecule has 0 saturated heterocycles. The maximum Gasteiger partial charge on any atom is 0.0543 e. The van der Waals surface area contributed by atoms with E-state index in [1.165, 1.54) is 15.3 Å². The molecule has 2 nitrogen and oxygen atoms in total. The summed E-state index contributed by atoms with van der Waals surface area (Å²) in [6.45, 7) is 4.76. The Morgan fingerprint density at radius 3 is 2.25 bits per heavy atom. The first-order valence-electron chi connectivity index (χ1n) is 7.09. The van der Waals surface area contributed by atoms with E-state index in [-0.39, 0.29) is 12.0 Å². The van der Waals surface area contributed by atoms with Crippen LogP contribution in [0.5, 0.6) is 0 Å². The summed E-state index contributed by atoms with van der Waals surface area (Å²) in [7, 11) is 0. The minimum absolute atomic E-state index is 0.0753. The molecular weight excluding hydrogens is 266 g/mol. The van der Waals surface area contributed by atoms with Gasteiger partial charge in [-0.2, -0.15) is 0 Å². The van der Waals surface area contributed by atoms with Gasteiger partial charge in [-0.25, -0.2) is 0 Å². The highest BCUT2D eigenvalue weighted by Crippen LogP contribution is 2.30. The van der Waals surface area contributed by atoms with Gasteiger partial charge in [0.2, 0.25) is 0 Å². The van der Waals surface area contributed by atoms with Gasteiger partial charge in [0.15, 0.2) is 0 Å². The Bertz CT molecular complexity index is 540. The number of nitrogens with two attached hydrogens (primary N) is 1. The van der Waals surface area contributed by atoms with Crippen molar-refractivity contribution in [2.45, 2.75) is 32.1 Å². The Morgan fingerprint density at radius 2 is 1.75 bits per heavy atom. The van der Waals surface area contributed by atoms with Crippen molar-refractivity contribution >= 4 is 11.3 Å². The maximum atomic E-state index is 9.95. The fourth-order valence-electron chi connectivity index (χ4n) is 2.45. The second-order valence-corrected chi connectivity index (χ2v) is 6.66. The van der Waals surface area contributed by atoms with Crippen LogP contribution >= 0.6 is 11.3 Å². The molecule has 3 N–H and O–H groups in total. The van der Waals surface area contributed by atoms with Crippen molar-refractivity contribution in [2.75, 3.05) is 13.2 Å². The monoisotopic (exact) mass is 289 g/mol. The van der Waals surface area contributed by atoms with Crippen LogP contribution in [0.3, 0.4) is 0 Å². The van der Waals surface area contributed by atoms with Crippen LogP contribution in [-0.4, -0.2) is 18.3 Å². The van der Waals surface area contributed by atoms with Crippen molar-refractivity contribution in [1.29, 1.82) is 0 Å². The van der Waals surface area contributed by atoms with Crippen molar-refractivity contribution in [1.82, 2.24) is 0 Å². The highest BCUT2D eigenvalue weighted by Gasteiger charge is 2.31. The van der Waals surface area contributed by atoms with E-state index in [9.17, 15) is 5.11 Å². The molecule has 0 bridgehead atoms. The molecule has 1 atom stereocenters. The van der Waals surface area contributed by atoms with E-state index in [2.05, 4.69) is 50.2 Å². The molecule has 1 heterocycles. The molecule has 108 valence electrons. The number of hydrogen-bond acceptors (Lipinski definition) is 3. The number of aliphatic hydroxyl groups excluding tert-OH is 1. The average Bonchev–Trinajstić information content (AvgIpc) is 2.93. The van der Waals surface area contributed by atoms with E-state index in [4.69, 9.17) is 5.73 Å². The molecule has 0 spiro atoms. The Morgan fingerprint density at radius 1 is 1.10 bits per heavy atom. The third-order valence-corrected chi connectivity index (χ3v) is 5.17. The molecular formula is C17H23NOS. The molecule has 2 rings (SSSR count). The molecule has 0 aliphatic carbocycles. The predicted octanol–water partition coefficient (Wildman–Crippen LogP) is 3.05. The van der Waals surface area contributed by atoms with Crippen molar-refractivity contribution < 1.29 is 5.11 Å². The number of hydrogen-bond donors (Lipinski definition) is 2. The van der Waals surface area contributed by atoms with Crippen molar-refractivity contribution in [2.24, 2.45) is 5.73 Å². The van der Waals surface area contributed by atoms with Crippen molar-refractivity contribution in [3.63, 3.8) is 0 Å². The van der Waals surface area contributed by atoms with Gasteiger partial charge in [0.1, 0.15) is 0 Å². The fourth-order valence-corrected chi connectivity index (χ4v) is 3.55. The largest absolute Gasteiger partial charge is 0.395 e. The SMILES string of the molecule is CCc1ccc(CC(CN)(CO)c2ccc(C)cc2)s1. The van der Waals surface area contributed by atoms with Crippen LogP contribution in [0.15, 0.2) is 36.4 Å². The first kappa shape index (κ1) is 15.2. The van der Waals surface area contributed by atoms with E-state index in [0.717, 1.165) is 18.4 Å². The molecule has 0 saturated carbocycles. The summed E-state index contributed by atoms with van der Waals surface area (Å²) in [5.41, 5.74) is 8.00. The molecule has 0 amide bonds. The summed E-state index contributed by atoms with van der Waals surface area (Å²) in [5, 5.41) is 9.95. The number of aliphatic hydroxyl groups is 1. The number of rotatable bonds is 6. The van der Waals surface area contributed by atoms with Crippen molar-refractivity contribution in [3.05, 3.63) is 57.3 Å². The minimum Gasteiger partial charge on any atom is -0.395 e. The Balaban J connectivity index is 2.31. The molecule has 20 heavy (non-hydrogen) atoms. The van der Waals surface area contributed by atoms with Gasteiger partial charge in [0.05, 0.1) is 6.61 Å². The zero-order valence-electron chi connectivity index (χ0n) is 12.2. The van der Waals surface area contributed by atoms with E-state index in [0.29, 0.717) is 6.54 Å². The van der Waals surface area contributed by atoms with Gasteiger partial charge in [-0.1, -0.05) is 36.8 Å². The van der Waals surface area contributed by atoms with Crippen LogP contribution in [0.2, 0.25) is 0 Å². The van der Waals surface area contributed by atoms with Crippen LogP contribution in [0, 0.1) is 6.92 Å². The van der Waals surface area contributed by atoms with E-state index < -0.39 is 0 Å². The van der Waals surface area contributed by atoms with E-state index in [1.807, 2.05) is 11.3 Å². The van der Waals surface area contributed by atoms with Crippen LogP contribution in [0.4, 0.5) is 0 Å². The first-order valence-corrected chi connectivity index (χ1v) is 7.91. The standard InChI is InChI=1S/C17H23NOS/c1-3-15-8-9-16(20-15)10-17(11-18,12-19)14-6-4-13(2)5-7-14/h4-9,19H,3,10-12,18H2,1-2H3. The van der Waals surface area contributed by atoms with Gasteiger partial charge in [-0.3, -0.25) is 0 Å². The second kappa shape index (κ2) is 6.53. The second-order valence-electron chi connectivity index (χ2n) is 5.41. The Labute approximate surface area is 125 Å². The molecule has 1 aromatic carbocycles. The Hall–Kier alpha value is -1.16. The smallest absolute Gasteiger partial charge is 0.0543 e. The summed E-state index contributed by atoms with van der Waals surface area (Å²) in [4.78, 5) is 2.68. The van der Waals surface area contributed by atoms with E-state index in [1.54, 1.807) is 0 Å². The number of thiophene rings is 1. The van der Waals surface area contributed by atoms with Gasteiger partial charge in [-0.15, -0.1) is 11.3 Å². The van der Waals surface area contributed by atoms with Crippen LogP contribution in [0.25, 0.3) is 0 Å². The third-order valence-electron chi connectivity index (χ3n) is 3.94. The van der Waals surface area contributed by atoms with Crippen LogP contribution < -0.4 is 5.73 Å². The molecule has 3 heteroatoms. The van der Waals surface area contributed by atoms with Crippen molar-refractivity contribution in [3.8, 4) is 0 Å². The van der Waals surface area contributed by atoms with Gasteiger partial charge < -0.3 is 10.8 Å². The maximum absolute atomic E-state index is 9.95. The number of benzene rings is 1. The molecule has 1 aromatic heterocycles. The summed E-state index contributed by atoms with van der Waals surface area (Å²) >= 11 is 1.82. The van der Waals surface area contributed by atoms with Crippen LogP contribution in [0.1, 0.15) is 27.8 Å². The quantitative estimate of drug-likeness (QED) is 0.858. The molecule has 0 radical (unpaired) electrons. The summed E-state index contributed by atoms with van der Waals surface area (Å²) in [6.07, 6.45) is 1.86. The highest BCUT2D eigenvalue weighted by atomic mass is 32.1. The topological polar surface area (TPSA) is 46.2 Å². The van der Waals surface area contributed by atoms with E-state index >= 15 is 0 Å². The highest BCUT2D eigenvalue weighted by molar-refractivity contribution is 7.12. The molecule has 2 aromatic rings.